The van der Waals surface area contributed by atoms with Crippen molar-refractivity contribution < 1.29 is 4.74 Å². The van der Waals surface area contributed by atoms with Crippen molar-refractivity contribution in [3.8, 4) is 5.75 Å². The van der Waals surface area contributed by atoms with E-state index in [1.54, 1.807) is 0 Å². The van der Waals surface area contributed by atoms with Crippen LogP contribution in [0.2, 0.25) is 0 Å². The van der Waals surface area contributed by atoms with Crippen LogP contribution in [-0.2, 0) is 6.61 Å². The van der Waals surface area contributed by atoms with Gasteiger partial charge in [-0.1, -0.05) is 46.3 Å². The molecule has 0 amide bonds. The van der Waals surface area contributed by atoms with Crippen LogP contribution in [-0.4, -0.2) is 0 Å². The second-order valence-electron chi connectivity index (χ2n) is 4.73. The average Bonchev–Trinajstić information content (AvgIpc) is 3.23. The molecule has 18 heavy (non-hydrogen) atoms. The van der Waals surface area contributed by atoms with E-state index in [9.17, 15) is 0 Å². The normalized spacial score (nSPS) is 14.5. The van der Waals surface area contributed by atoms with Gasteiger partial charge in [-0.25, -0.2) is 0 Å². The molecule has 0 N–H and O–H groups in total. The number of hydrogen-bond donors (Lipinski definition) is 0. The fraction of sp³-hybridized carbons (Fsp3) is 0.250. The van der Waals surface area contributed by atoms with Crippen LogP contribution in [0.3, 0.4) is 0 Å². The highest BCUT2D eigenvalue weighted by Gasteiger charge is 2.26. The summed E-state index contributed by atoms with van der Waals surface area (Å²) >= 11 is 3.53. The molecule has 0 unspecified atom stereocenters. The molecule has 1 saturated carbocycles. The van der Waals surface area contributed by atoms with E-state index < -0.39 is 0 Å². The van der Waals surface area contributed by atoms with Crippen molar-refractivity contribution >= 4 is 15.9 Å². The van der Waals surface area contributed by atoms with Gasteiger partial charge < -0.3 is 4.74 Å². The molecule has 2 aromatic carbocycles. The summed E-state index contributed by atoms with van der Waals surface area (Å²) in [5.74, 6) is 1.73. The van der Waals surface area contributed by atoms with Crippen LogP contribution >= 0.6 is 15.9 Å². The molecule has 92 valence electrons. The molecule has 0 aromatic heterocycles. The van der Waals surface area contributed by atoms with Gasteiger partial charge in [-0.05, 0) is 48.1 Å². The quantitative estimate of drug-likeness (QED) is 0.780. The Hall–Kier alpha value is -1.28. The van der Waals surface area contributed by atoms with Gasteiger partial charge in [0.15, 0.2) is 0 Å². The van der Waals surface area contributed by atoms with Crippen molar-refractivity contribution in [1.29, 1.82) is 0 Å². The first-order valence-corrected chi connectivity index (χ1v) is 7.08. The van der Waals surface area contributed by atoms with Crippen LogP contribution < -0.4 is 4.74 Å². The van der Waals surface area contributed by atoms with Gasteiger partial charge in [0.05, 0.1) is 0 Å². The topological polar surface area (TPSA) is 9.23 Å². The van der Waals surface area contributed by atoms with Crippen molar-refractivity contribution in [2.24, 2.45) is 0 Å². The summed E-state index contributed by atoms with van der Waals surface area (Å²) in [6, 6.07) is 16.6. The predicted molar refractivity (Wildman–Crippen MR) is 76.9 cm³/mol. The van der Waals surface area contributed by atoms with Gasteiger partial charge in [0.1, 0.15) is 12.4 Å². The molecule has 0 saturated heterocycles. The van der Waals surface area contributed by atoms with Gasteiger partial charge in [0.2, 0.25) is 0 Å². The summed E-state index contributed by atoms with van der Waals surface area (Å²) in [6.45, 7) is 0.641. The van der Waals surface area contributed by atoms with Crippen molar-refractivity contribution in [2.45, 2.75) is 25.4 Å². The van der Waals surface area contributed by atoms with Gasteiger partial charge >= 0.3 is 0 Å². The number of rotatable bonds is 4. The molecule has 1 fully saturated rings. The molecule has 1 aliphatic carbocycles. The lowest BCUT2D eigenvalue weighted by Crippen LogP contribution is -1.98. The molecule has 0 atom stereocenters. The van der Waals surface area contributed by atoms with E-state index in [4.69, 9.17) is 4.74 Å². The van der Waals surface area contributed by atoms with E-state index in [1.165, 1.54) is 24.0 Å². The van der Waals surface area contributed by atoms with Crippen molar-refractivity contribution in [1.82, 2.24) is 0 Å². The van der Waals surface area contributed by atoms with Crippen LogP contribution in [0.1, 0.15) is 29.9 Å². The zero-order valence-corrected chi connectivity index (χ0v) is 11.7. The summed E-state index contributed by atoms with van der Waals surface area (Å²) in [7, 11) is 0. The van der Waals surface area contributed by atoms with Crippen molar-refractivity contribution in [2.75, 3.05) is 0 Å². The number of ether oxygens (including phenoxy) is 1. The Balaban J connectivity index is 1.76. The molecular weight excluding hydrogens is 288 g/mol. The molecule has 0 heterocycles. The molecule has 3 rings (SSSR count). The van der Waals surface area contributed by atoms with Gasteiger partial charge in [0.25, 0.3) is 0 Å². The SMILES string of the molecule is Brc1ccc(OCc2ccccc2)c(C2CC2)c1. The average molecular weight is 303 g/mol. The Morgan fingerprint density at radius 1 is 1.06 bits per heavy atom. The molecule has 1 aliphatic rings. The fourth-order valence-electron chi connectivity index (χ4n) is 2.10. The highest BCUT2D eigenvalue weighted by Crippen LogP contribution is 2.45. The lowest BCUT2D eigenvalue weighted by Gasteiger charge is -2.11. The minimum atomic E-state index is 0.641. The van der Waals surface area contributed by atoms with Gasteiger partial charge in [0, 0.05) is 4.47 Å². The standard InChI is InChI=1S/C16H15BrO/c17-14-8-9-16(15(10-14)13-6-7-13)18-11-12-4-2-1-3-5-12/h1-5,8-10,13H,6-7,11H2. The first kappa shape index (κ1) is 11.8. The van der Waals surface area contributed by atoms with Crippen LogP contribution in [0.4, 0.5) is 0 Å². The summed E-state index contributed by atoms with van der Waals surface area (Å²) in [5, 5.41) is 0. The van der Waals surface area contributed by atoms with Crippen LogP contribution in [0.15, 0.2) is 53.0 Å². The first-order valence-electron chi connectivity index (χ1n) is 6.29. The molecule has 2 aromatic rings. The zero-order valence-electron chi connectivity index (χ0n) is 10.1. The first-order chi connectivity index (χ1) is 8.83. The molecule has 2 heteroatoms. The Morgan fingerprint density at radius 2 is 1.83 bits per heavy atom. The smallest absolute Gasteiger partial charge is 0.123 e. The maximum Gasteiger partial charge on any atom is 0.123 e. The predicted octanol–water partition coefficient (Wildman–Crippen LogP) is 4.91. The maximum atomic E-state index is 5.96. The lowest BCUT2D eigenvalue weighted by molar-refractivity contribution is 0.303. The third-order valence-corrected chi connectivity index (χ3v) is 3.72. The van der Waals surface area contributed by atoms with E-state index in [-0.39, 0.29) is 0 Å². The fourth-order valence-corrected chi connectivity index (χ4v) is 2.48. The zero-order chi connectivity index (χ0) is 12.4. The van der Waals surface area contributed by atoms with Gasteiger partial charge in [-0.2, -0.15) is 0 Å². The monoisotopic (exact) mass is 302 g/mol. The minimum Gasteiger partial charge on any atom is -0.489 e. The second-order valence-corrected chi connectivity index (χ2v) is 5.65. The second kappa shape index (κ2) is 5.15. The van der Waals surface area contributed by atoms with E-state index in [0.29, 0.717) is 12.5 Å². The van der Waals surface area contributed by atoms with Crippen LogP contribution in [0.5, 0.6) is 5.75 Å². The largest absolute Gasteiger partial charge is 0.489 e. The van der Waals surface area contributed by atoms with Crippen LogP contribution in [0.25, 0.3) is 0 Å². The van der Waals surface area contributed by atoms with Crippen molar-refractivity contribution in [3.05, 3.63) is 64.1 Å². The highest BCUT2D eigenvalue weighted by atomic mass is 79.9. The van der Waals surface area contributed by atoms with E-state index in [1.807, 2.05) is 24.3 Å². The minimum absolute atomic E-state index is 0.641. The van der Waals surface area contributed by atoms with E-state index in [2.05, 4.69) is 40.2 Å². The molecule has 0 aliphatic heterocycles. The Kier molecular flexibility index (Phi) is 3.37. The molecule has 0 bridgehead atoms. The molecule has 1 nitrogen and oxygen atoms in total. The number of benzene rings is 2. The third-order valence-electron chi connectivity index (χ3n) is 3.23. The van der Waals surface area contributed by atoms with E-state index in [0.717, 1.165) is 10.2 Å². The molecule has 0 radical (unpaired) electrons. The number of hydrogen-bond acceptors (Lipinski definition) is 1. The Bertz CT molecular complexity index is 532. The summed E-state index contributed by atoms with van der Waals surface area (Å²) in [5.41, 5.74) is 2.56. The Morgan fingerprint density at radius 3 is 2.56 bits per heavy atom. The van der Waals surface area contributed by atoms with E-state index >= 15 is 0 Å². The van der Waals surface area contributed by atoms with Gasteiger partial charge in [-0.3, -0.25) is 0 Å². The molecule has 0 spiro atoms. The maximum absolute atomic E-state index is 5.96. The lowest BCUT2D eigenvalue weighted by atomic mass is 10.1. The molecular formula is C16H15BrO. The number of halogens is 1. The summed E-state index contributed by atoms with van der Waals surface area (Å²) < 4.78 is 7.09. The van der Waals surface area contributed by atoms with Gasteiger partial charge in [-0.15, -0.1) is 0 Å². The summed E-state index contributed by atoms with van der Waals surface area (Å²) in [4.78, 5) is 0. The van der Waals surface area contributed by atoms with Crippen LogP contribution in [0, 0.1) is 0 Å². The third kappa shape index (κ3) is 2.75. The Labute approximate surface area is 116 Å². The van der Waals surface area contributed by atoms with Crippen molar-refractivity contribution in [3.63, 3.8) is 0 Å². The highest BCUT2D eigenvalue weighted by molar-refractivity contribution is 9.10. The summed E-state index contributed by atoms with van der Waals surface area (Å²) in [6.07, 6.45) is 2.58.